The zero-order chi connectivity index (χ0) is 17.4. The molecule has 0 atom stereocenters. The van der Waals surface area contributed by atoms with Gasteiger partial charge in [0.25, 0.3) is 0 Å². The molecule has 25 heavy (non-hydrogen) atoms. The SMILES string of the molecule is Nc1ccnc(Oc2ccc3c(c2)C2=NCCCN2C=N3)c1[N+](=O)[O-]. The normalized spacial score (nSPS) is 15.2. The molecule has 0 unspecified atom stereocenters. The van der Waals surface area contributed by atoms with Gasteiger partial charge in [0.2, 0.25) is 0 Å². The average Bonchev–Trinajstić information content (AvgIpc) is 2.61. The third-order valence-electron chi connectivity index (χ3n) is 3.95. The molecule has 3 heterocycles. The average molecular weight is 338 g/mol. The Kier molecular flexibility index (Phi) is 3.53. The number of rotatable bonds is 3. The van der Waals surface area contributed by atoms with Gasteiger partial charge in [-0.2, -0.15) is 0 Å². The number of anilines is 1. The van der Waals surface area contributed by atoms with Crippen molar-refractivity contribution in [3.8, 4) is 11.6 Å². The van der Waals surface area contributed by atoms with E-state index in [2.05, 4.69) is 15.0 Å². The molecule has 9 heteroatoms. The fourth-order valence-electron chi connectivity index (χ4n) is 2.80. The zero-order valence-corrected chi connectivity index (χ0v) is 13.1. The third kappa shape index (κ3) is 2.65. The van der Waals surface area contributed by atoms with E-state index in [1.165, 1.54) is 12.3 Å². The van der Waals surface area contributed by atoms with E-state index in [0.29, 0.717) is 5.75 Å². The van der Waals surface area contributed by atoms with Crippen LogP contribution in [-0.2, 0) is 0 Å². The summed E-state index contributed by atoms with van der Waals surface area (Å²) in [6, 6.07) is 6.59. The van der Waals surface area contributed by atoms with Crippen molar-refractivity contribution in [1.82, 2.24) is 9.88 Å². The maximum atomic E-state index is 11.2. The molecule has 4 rings (SSSR count). The van der Waals surface area contributed by atoms with Crippen LogP contribution in [-0.4, -0.2) is 40.1 Å². The number of nitrogen functional groups attached to an aromatic ring is 1. The molecule has 0 aliphatic carbocycles. The summed E-state index contributed by atoms with van der Waals surface area (Å²) in [4.78, 5) is 25.5. The van der Waals surface area contributed by atoms with Crippen LogP contribution in [0.4, 0.5) is 17.1 Å². The lowest BCUT2D eigenvalue weighted by Crippen LogP contribution is -2.36. The molecule has 1 aromatic heterocycles. The minimum Gasteiger partial charge on any atom is -0.434 e. The fourth-order valence-corrected chi connectivity index (χ4v) is 2.80. The Morgan fingerprint density at radius 1 is 1.32 bits per heavy atom. The molecule has 126 valence electrons. The second-order valence-electron chi connectivity index (χ2n) is 5.59. The van der Waals surface area contributed by atoms with Crippen molar-refractivity contribution < 1.29 is 9.66 Å². The summed E-state index contributed by atoms with van der Waals surface area (Å²) in [7, 11) is 0. The highest BCUT2D eigenvalue weighted by Gasteiger charge is 2.25. The molecule has 0 saturated heterocycles. The molecule has 0 spiro atoms. The largest absolute Gasteiger partial charge is 0.434 e. The number of aromatic nitrogens is 1. The molecule has 0 amide bonds. The summed E-state index contributed by atoms with van der Waals surface area (Å²) in [6.07, 6.45) is 4.11. The van der Waals surface area contributed by atoms with Crippen LogP contribution in [0.2, 0.25) is 0 Å². The van der Waals surface area contributed by atoms with Crippen LogP contribution in [0.1, 0.15) is 12.0 Å². The minimum absolute atomic E-state index is 0.000362. The fraction of sp³-hybridized carbons (Fsp3) is 0.188. The van der Waals surface area contributed by atoms with Gasteiger partial charge in [0.1, 0.15) is 17.3 Å². The van der Waals surface area contributed by atoms with E-state index in [1.807, 2.05) is 4.90 Å². The first-order valence-corrected chi connectivity index (χ1v) is 7.70. The number of nitro groups is 1. The van der Waals surface area contributed by atoms with Gasteiger partial charge in [0, 0.05) is 24.8 Å². The van der Waals surface area contributed by atoms with E-state index in [0.717, 1.165) is 36.6 Å². The number of fused-ring (bicyclic) bond motifs is 3. The second kappa shape index (κ2) is 5.86. The summed E-state index contributed by atoms with van der Waals surface area (Å²) < 4.78 is 5.64. The predicted molar refractivity (Wildman–Crippen MR) is 92.7 cm³/mol. The van der Waals surface area contributed by atoms with Gasteiger partial charge in [-0.3, -0.25) is 15.1 Å². The smallest absolute Gasteiger partial charge is 0.353 e. The van der Waals surface area contributed by atoms with Crippen molar-refractivity contribution in [2.45, 2.75) is 6.42 Å². The number of nitrogens with zero attached hydrogens (tertiary/aromatic N) is 5. The number of benzene rings is 1. The second-order valence-corrected chi connectivity index (χ2v) is 5.59. The van der Waals surface area contributed by atoms with Gasteiger partial charge in [0.15, 0.2) is 0 Å². The number of hydrogen-bond acceptors (Lipinski definition) is 8. The maximum absolute atomic E-state index is 11.2. The summed E-state index contributed by atoms with van der Waals surface area (Å²) in [5.41, 5.74) is 6.92. The van der Waals surface area contributed by atoms with Crippen molar-refractivity contribution in [3.05, 3.63) is 46.1 Å². The first-order valence-electron chi connectivity index (χ1n) is 7.70. The van der Waals surface area contributed by atoms with Crippen LogP contribution in [0.3, 0.4) is 0 Å². The van der Waals surface area contributed by atoms with Crippen molar-refractivity contribution in [3.63, 3.8) is 0 Å². The monoisotopic (exact) mass is 338 g/mol. The van der Waals surface area contributed by atoms with Gasteiger partial charge in [-0.15, -0.1) is 0 Å². The first-order chi connectivity index (χ1) is 12.1. The van der Waals surface area contributed by atoms with Gasteiger partial charge in [-0.05, 0) is 30.7 Å². The van der Waals surface area contributed by atoms with Crippen LogP contribution < -0.4 is 10.5 Å². The molecular formula is C16H14N6O3. The molecular weight excluding hydrogens is 324 g/mol. The molecule has 0 saturated carbocycles. The predicted octanol–water partition coefficient (Wildman–Crippen LogP) is 2.49. The zero-order valence-electron chi connectivity index (χ0n) is 13.1. The molecule has 2 N–H and O–H groups in total. The summed E-state index contributed by atoms with van der Waals surface area (Å²) in [6.45, 7) is 1.61. The maximum Gasteiger partial charge on any atom is 0.353 e. The van der Waals surface area contributed by atoms with E-state index >= 15 is 0 Å². The van der Waals surface area contributed by atoms with Crippen LogP contribution in [0.5, 0.6) is 11.6 Å². The van der Waals surface area contributed by atoms with Crippen LogP contribution in [0, 0.1) is 10.1 Å². The summed E-state index contributed by atoms with van der Waals surface area (Å²) in [5, 5.41) is 11.2. The van der Waals surface area contributed by atoms with Crippen molar-refractivity contribution >= 4 is 29.2 Å². The Bertz CT molecular complexity index is 924. The molecule has 0 bridgehead atoms. The molecule has 2 aliphatic heterocycles. The molecule has 2 aromatic rings. The number of aliphatic imine (C=N–C) groups is 2. The van der Waals surface area contributed by atoms with Crippen molar-refractivity contribution in [2.75, 3.05) is 18.8 Å². The van der Waals surface area contributed by atoms with Crippen LogP contribution >= 0.6 is 0 Å². The number of pyridine rings is 1. The Morgan fingerprint density at radius 3 is 3.04 bits per heavy atom. The van der Waals surface area contributed by atoms with E-state index in [-0.39, 0.29) is 17.3 Å². The van der Waals surface area contributed by atoms with Gasteiger partial charge < -0.3 is 15.4 Å². The summed E-state index contributed by atoms with van der Waals surface area (Å²) in [5.74, 6) is 1.09. The number of hydrogen-bond donors (Lipinski definition) is 1. The van der Waals surface area contributed by atoms with Gasteiger partial charge >= 0.3 is 11.6 Å². The molecule has 2 aliphatic rings. The molecule has 1 aromatic carbocycles. The van der Waals surface area contributed by atoms with E-state index in [9.17, 15) is 10.1 Å². The lowest BCUT2D eigenvalue weighted by Gasteiger charge is -2.29. The number of nitrogens with two attached hydrogens (primary N) is 1. The Balaban J connectivity index is 1.73. The highest BCUT2D eigenvalue weighted by Crippen LogP contribution is 2.36. The number of ether oxygens (including phenoxy) is 1. The third-order valence-corrected chi connectivity index (χ3v) is 3.95. The Morgan fingerprint density at radius 2 is 2.20 bits per heavy atom. The van der Waals surface area contributed by atoms with Crippen LogP contribution in [0.25, 0.3) is 0 Å². The lowest BCUT2D eigenvalue weighted by atomic mass is 10.1. The van der Waals surface area contributed by atoms with Crippen molar-refractivity contribution in [1.29, 1.82) is 0 Å². The Hall–Kier alpha value is -3.49. The highest BCUT2D eigenvalue weighted by molar-refractivity contribution is 6.11. The van der Waals surface area contributed by atoms with E-state index in [4.69, 9.17) is 10.5 Å². The molecule has 0 radical (unpaired) electrons. The first kappa shape index (κ1) is 15.1. The van der Waals surface area contributed by atoms with E-state index < -0.39 is 4.92 Å². The molecule has 9 nitrogen and oxygen atoms in total. The van der Waals surface area contributed by atoms with E-state index in [1.54, 1.807) is 24.5 Å². The number of amidine groups is 1. The Labute approximate surface area is 142 Å². The van der Waals surface area contributed by atoms with Crippen LogP contribution in [0.15, 0.2) is 40.4 Å². The lowest BCUT2D eigenvalue weighted by molar-refractivity contribution is -0.385. The summed E-state index contributed by atoms with van der Waals surface area (Å²) >= 11 is 0. The quantitative estimate of drug-likeness (QED) is 0.678. The molecule has 0 fully saturated rings. The van der Waals surface area contributed by atoms with Crippen molar-refractivity contribution in [2.24, 2.45) is 9.98 Å². The topological polar surface area (TPSA) is 119 Å². The highest BCUT2D eigenvalue weighted by atomic mass is 16.6. The van der Waals surface area contributed by atoms with Gasteiger partial charge in [-0.1, -0.05) is 0 Å². The van der Waals surface area contributed by atoms with Gasteiger partial charge in [0.05, 0.1) is 16.9 Å². The van der Waals surface area contributed by atoms with Gasteiger partial charge in [-0.25, -0.2) is 9.98 Å². The minimum atomic E-state index is -0.604. The standard InChI is InChI=1S/C16H14N6O3/c17-12-4-6-19-16(14(12)22(23)24)25-10-2-3-13-11(8-10)15-18-5-1-7-21(15)9-20-13/h2-4,6,8-9H,1,5,7H2,(H2,17,19).